The summed E-state index contributed by atoms with van der Waals surface area (Å²) in [5, 5.41) is 9.96. The molecule has 0 saturated heterocycles. The first-order valence-electron chi connectivity index (χ1n) is 6.69. The van der Waals surface area contributed by atoms with Gasteiger partial charge in [-0.2, -0.15) is 0 Å². The number of halogens is 1. The SMILES string of the molecule is CCC(C)NC(=O)CSc1n[nH]c(-c2ccccc2F)n1. The third kappa shape index (κ3) is 4.29. The number of rotatable bonds is 6. The van der Waals surface area contributed by atoms with E-state index in [0.29, 0.717) is 16.5 Å². The van der Waals surface area contributed by atoms with Gasteiger partial charge in [0, 0.05) is 6.04 Å². The van der Waals surface area contributed by atoms with Crippen molar-refractivity contribution in [3.63, 3.8) is 0 Å². The van der Waals surface area contributed by atoms with E-state index >= 15 is 0 Å². The van der Waals surface area contributed by atoms with Crippen LogP contribution in [0.15, 0.2) is 29.4 Å². The lowest BCUT2D eigenvalue weighted by atomic mass is 10.2. The smallest absolute Gasteiger partial charge is 0.230 e. The van der Waals surface area contributed by atoms with Crippen molar-refractivity contribution in [3.8, 4) is 11.4 Å². The molecule has 2 aromatic rings. The first-order valence-corrected chi connectivity index (χ1v) is 7.68. The van der Waals surface area contributed by atoms with Crippen LogP contribution < -0.4 is 5.32 Å². The van der Waals surface area contributed by atoms with Gasteiger partial charge in [-0.1, -0.05) is 30.8 Å². The van der Waals surface area contributed by atoms with Crippen LogP contribution in [0.1, 0.15) is 20.3 Å². The molecule has 1 atom stereocenters. The van der Waals surface area contributed by atoms with E-state index in [0.717, 1.165) is 6.42 Å². The first-order chi connectivity index (χ1) is 10.1. The molecule has 0 spiro atoms. The Morgan fingerprint density at radius 2 is 2.24 bits per heavy atom. The van der Waals surface area contributed by atoms with E-state index in [1.165, 1.54) is 17.8 Å². The van der Waals surface area contributed by atoms with Crippen molar-refractivity contribution in [1.29, 1.82) is 0 Å². The summed E-state index contributed by atoms with van der Waals surface area (Å²) < 4.78 is 13.6. The van der Waals surface area contributed by atoms with Gasteiger partial charge in [0.05, 0.1) is 11.3 Å². The molecule has 0 aliphatic rings. The molecule has 1 amide bonds. The average Bonchev–Trinajstić information content (AvgIpc) is 2.94. The second kappa shape index (κ2) is 7.21. The van der Waals surface area contributed by atoms with E-state index in [1.54, 1.807) is 18.2 Å². The van der Waals surface area contributed by atoms with Gasteiger partial charge in [-0.15, -0.1) is 5.10 Å². The molecule has 0 saturated carbocycles. The van der Waals surface area contributed by atoms with E-state index in [4.69, 9.17) is 0 Å². The van der Waals surface area contributed by atoms with Gasteiger partial charge in [0.2, 0.25) is 11.1 Å². The van der Waals surface area contributed by atoms with Gasteiger partial charge in [-0.05, 0) is 25.5 Å². The van der Waals surface area contributed by atoms with E-state index in [2.05, 4.69) is 20.5 Å². The summed E-state index contributed by atoms with van der Waals surface area (Å²) in [4.78, 5) is 15.8. The van der Waals surface area contributed by atoms with Crippen LogP contribution in [-0.2, 0) is 4.79 Å². The monoisotopic (exact) mass is 308 g/mol. The molecule has 0 aliphatic carbocycles. The summed E-state index contributed by atoms with van der Waals surface area (Å²) in [6, 6.07) is 6.49. The molecule has 2 N–H and O–H groups in total. The number of hydrogen-bond donors (Lipinski definition) is 2. The number of nitrogens with one attached hydrogen (secondary N) is 2. The Labute approximate surface area is 126 Å². The zero-order chi connectivity index (χ0) is 15.2. The van der Waals surface area contributed by atoms with Gasteiger partial charge < -0.3 is 5.32 Å². The van der Waals surface area contributed by atoms with Crippen molar-refractivity contribution in [2.45, 2.75) is 31.5 Å². The highest BCUT2D eigenvalue weighted by atomic mass is 32.2. The zero-order valence-corrected chi connectivity index (χ0v) is 12.7. The van der Waals surface area contributed by atoms with Gasteiger partial charge in [0.15, 0.2) is 5.82 Å². The van der Waals surface area contributed by atoms with E-state index in [9.17, 15) is 9.18 Å². The highest BCUT2D eigenvalue weighted by Crippen LogP contribution is 2.21. The minimum absolute atomic E-state index is 0.0633. The number of aromatic nitrogens is 3. The highest BCUT2D eigenvalue weighted by molar-refractivity contribution is 7.99. The predicted octanol–water partition coefficient (Wildman–Crippen LogP) is 2.62. The van der Waals surface area contributed by atoms with Gasteiger partial charge in [0.25, 0.3) is 0 Å². The van der Waals surface area contributed by atoms with Crippen molar-refractivity contribution >= 4 is 17.7 Å². The van der Waals surface area contributed by atoms with E-state index in [1.807, 2.05) is 13.8 Å². The van der Waals surface area contributed by atoms with Crippen molar-refractivity contribution < 1.29 is 9.18 Å². The van der Waals surface area contributed by atoms with Crippen LogP contribution in [0.5, 0.6) is 0 Å². The number of H-pyrrole nitrogens is 1. The van der Waals surface area contributed by atoms with Crippen LogP contribution in [-0.4, -0.2) is 32.9 Å². The fourth-order valence-electron chi connectivity index (χ4n) is 1.63. The number of benzene rings is 1. The van der Waals surface area contributed by atoms with Crippen molar-refractivity contribution in [1.82, 2.24) is 20.5 Å². The standard InChI is InChI=1S/C14H17FN4OS/c1-3-9(2)16-12(20)8-21-14-17-13(18-19-14)10-6-4-5-7-11(10)15/h4-7,9H,3,8H2,1-2H3,(H,16,20)(H,17,18,19). The van der Waals surface area contributed by atoms with Crippen molar-refractivity contribution in [3.05, 3.63) is 30.1 Å². The maximum absolute atomic E-state index is 13.6. The van der Waals surface area contributed by atoms with Gasteiger partial charge in [0.1, 0.15) is 5.82 Å². The Morgan fingerprint density at radius 3 is 2.95 bits per heavy atom. The maximum Gasteiger partial charge on any atom is 0.230 e. The summed E-state index contributed by atoms with van der Waals surface area (Å²) in [6.45, 7) is 3.96. The van der Waals surface area contributed by atoms with Gasteiger partial charge in [-0.3, -0.25) is 9.89 Å². The molecule has 5 nitrogen and oxygen atoms in total. The molecule has 21 heavy (non-hydrogen) atoms. The second-order valence-corrected chi connectivity index (χ2v) is 5.55. The van der Waals surface area contributed by atoms with Crippen LogP contribution in [0.25, 0.3) is 11.4 Å². The lowest BCUT2D eigenvalue weighted by Gasteiger charge is -2.09. The molecule has 112 valence electrons. The lowest BCUT2D eigenvalue weighted by Crippen LogP contribution is -2.33. The van der Waals surface area contributed by atoms with E-state index < -0.39 is 0 Å². The Kier molecular flexibility index (Phi) is 5.32. The van der Waals surface area contributed by atoms with Crippen LogP contribution >= 0.6 is 11.8 Å². The van der Waals surface area contributed by atoms with Crippen molar-refractivity contribution in [2.24, 2.45) is 0 Å². The number of thioether (sulfide) groups is 1. The molecular formula is C14H17FN4OS. The fraction of sp³-hybridized carbons (Fsp3) is 0.357. The molecule has 1 unspecified atom stereocenters. The maximum atomic E-state index is 13.6. The molecule has 1 aromatic carbocycles. The number of hydrogen-bond acceptors (Lipinski definition) is 4. The molecule has 7 heteroatoms. The van der Waals surface area contributed by atoms with Crippen LogP contribution in [0.2, 0.25) is 0 Å². The number of aromatic amines is 1. The Morgan fingerprint density at radius 1 is 1.48 bits per heavy atom. The van der Waals surface area contributed by atoms with Crippen molar-refractivity contribution in [2.75, 3.05) is 5.75 Å². The Bertz CT molecular complexity index is 617. The van der Waals surface area contributed by atoms with Crippen LogP contribution in [0.3, 0.4) is 0 Å². The topological polar surface area (TPSA) is 70.7 Å². The third-order valence-electron chi connectivity index (χ3n) is 2.95. The molecule has 0 bridgehead atoms. The molecule has 0 fully saturated rings. The van der Waals surface area contributed by atoms with E-state index in [-0.39, 0.29) is 23.5 Å². The normalized spacial score (nSPS) is 12.1. The molecule has 2 rings (SSSR count). The molecule has 1 aromatic heterocycles. The van der Waals surface area contributed by atoms with Gasteiger partial charge in [-0.25, -0.2) is 9.37 Å². The summed E-state index contributed by atoms with van der Waals surface area (Å²) >= 11 is 1.21. The zero-order valence-electron chi connectivity index (χ0n) is 11.9. The Balaban J connectivity index is 1.95. The summed E-state index contributed by atoms with van der Waals surface area (Å²) in [6.07, 6.45) is 0.883. The molecule has 0 aliphatic heterocycles. The largest absolute Gasteiger partial charge is 0.353 e. The quantitative estimate of drug-likeness (QED) is 0.805. The fourth-order valence-corrected chi connectivity index (χ4v) is 2.24. The number of amides is 1. The summed E-state index contributed by atoms with van der Waals surface area (Å²) in [5.74, 6) is 0.170. The number of carbonyl (C=O) groups is 1. The molecule has 0 radical (unpaired) electrons. The minimum Gasteiger partial charge on any atom is -0.353 e. The Hall–Kier alpha value is -1.89. The predicted molar refractivity (Wildman–Crippen MR) is 80.4 cm³/mol. The third-order valence-corrected chi connectivity index (χ3v) is 3.79. The van der Waals surface area contributed by atoms with Crippen LogP contribution in [0.4, 0.5) is 4.39 Å². The summed E-state index contributed by atoms with van der Waals surface area (Å²) in [5.41, 5.74) is 0.362. The summed E-state index contributed by atoms with van der Waals surface area (Å²) in [7, 11) is 0. The lowest BCUT2D eigenvalue weighted by molar-refractivity contribution is -0.119. The van der Waals surface area contributed by atoms with Crippen LogP contribution in [0, 0.1) is 5.82 Å². The first kappa shape index (κ1) is 15.5. The molecule has 1 heterocycles. The number of carbonyl (C=O) groups excluding carboxylic acids is 1. The molecular weight excluding hydrogens is 291 g/mol. The second-order valence-electron chi connectivity index (χ2n) is 4.61. The average molecular weight is 308 g/mol. The number of nitrogens with zero attached hydrogens (tertiary/aromatic N) is 2. The van der Waals surface area contributed by atoms with Gasteiger partial charge >= 0.3 is 0 Å². The highest BCUT2D eigenvalue weighted by Gasteiger charge is 2.12. The minimum atomic E-state index is -0.361.